The number of aryl methyl sites for hydroxylation is 1. The van der Waals surface area contributed by atoms with E-state index in [1.165, 1.54) is 11.3 Å². The molecule has 1 N–H and O–H groups in total. The molecule has 3 nitrogen and oxygen atoms in total. The molecular formula is C16H27N3. The van der Waals surface area contributed by atoms with Gasteiger partial charge in [-0.1, -0.05) is 24.6 Å². The number of likely N-dealkylation sites (N-methyl/N-ethyl adjacent to an activating group) is 1. The lowest BCUT2D eigenvalue weighted by Gasteiger charge is -2.28. The molecule has 0 aromatic heterocycles. The highest BCUT2D eigenvalue weighted by atomic mass is 15.2. The van der Waals surface area contributed by atoms with Crippen LogP contribution in [-0.4, -0.2) is 51.2 Å². The summed E-state index contributed by atoms with van der Waals surface area (Å²) >= 11 is 0. The van der Waals surface area contributed by atoms with Gasteiger partial charge in [0.1, 0.15) is 0 Å². The average molecular weight is 261 g/mol. The molecule has 1 fully saturated rings. The van der Waals surface area contributed by atoms with Crippen molar-refractivity contribution < 1.29 is 0 Å². The Morgan fingerprint density at radius 2 is 1.89 bits per heavy atom. The van der Waals surface area contributed by atoms with Crippen molar-refractivity contribution in [2.45, 2.75) is 19.9 Å². The maximum absolute atomic E-state index is 3.69. The monoisotopic (exact) mass is 261 g/mol. The number of benzene rings is 1. The van der Waals surface area contributed by atoms with Crippen LogP contribution >= 0.6 is 0 Å². The first-order valence-electron chi connectivity index (χ1n) is 7.24. The minimum atomic E-state index is 0.543. The smallest absolute Gasteiger partial charge is 0.0371 e. The largest absolute Gasteiger partial charge is 0.370 e. The summed E-state index contributed by atoms with van der Waals surface area (Å²) < 4.78 is 0. The van der Waals surface area contributed by atoms with Gasteiger partial charge in [-0.25, -0.2) is 0 Å². The summed E-state index contributed by atoms with van der Waals surface area (Å²) in [5, 5.41) is 3.69. The molecule has 1 aliphatic heterocycles. The highest BCUT2D eigenvalue weighted by Gasteiger charge is 2.21. The topological polar surface area (TPSA) is 18.5 Å². The molecule has 0 radical (unpaired) electrons. The summed E-state index contributed by atoms with van der Waals surface area (Å²) in [5.74, 6) is 0.688. The van der Waals surface area contributed by atoms with Crippen LogP contribution in [0.25, 0.3) is 0 Å². The lowest BCUT2D eigenvalue weighted by Crippen LogP contribution is -2.44. The Balaban J connectivity index is 2.10. The Bertz CT molecular complexity index is 385. The third kappa shape index (κ3) is 4.22. The van der Waals surface area contributed by atoms with Crippen LogP contribution in [0, 0.1) is 12.8 Å². The first-order chi connectivity index (χ1) is 9.04. The third-order valence-electron chi connectivity index (χ3n) is 3.71. The number of hydrogen-bond acceptors (Lipinski definition) is 3. The van der Waals surface area contributed by atoms with Crippen molar-refractivity contribution in [3.05, 3.63) is 29.8 Å². The fourth-order valence-electron chi connectivity index (χ4n) is 2.74. The molecule has 2 rings (SSSR count). The minimum Gasteiger partial charge on any atom is -0.370 e. The molecule has 19 heavy (non-hydrogen) atoms. The predicted molar refractivity (Wildman–Crippen MR) is 82.9 cm³/mol. The highest BCUT2D eigenvalue weighted by molar-refractivity contribution is 5.48. The van der Waals surface area contributed by atoms with E-state index in [9.17, 15) is 0 Å². The van der Waals surface area contributed by atoms with E-state index in [1.54, 1.807) is 0 Å². The molecule has 1 aromatic carbocycles. The molecule has 2 atom stereocenters. The van der Waals surface area contributed by atoms with Crippen molar-refractivity contribution in [3.8, 4) is 0 Å². The summed E-state index contributed by atoms with van der Waals surface area (Å²) in [7, 11) is 4.29. The average Bonchev–Trinajstić information content (AvgIpc) is 2.52. The third-order valence-corrected chi connectivity index (χ3v) is 3.71. The summed E-state index contributed by atoms with van der Waals surface area (Å²) in [4.78, 5) is 4.79. The Labute approximate surface area is 117 Å². The van der Waals surface area contributed by atoms with Gasteiger partial charge in [-0.05, 0) is 45.6 Å². The second-order valence-corrected chi connectivity index (χ2v) is 6.21. The van der Waals surface area contributed by atoms with Gasteiger partial charge in [0.05, 0.1) is 0 Å². The van der Waals surface area contributed by atoms with Gasteiger partial charge < -0.3 is 15.1 Å². The van der Waals surface area contributed by atoms with E-state index in [4.69, 9.17) is 0 Å². The van der Waals surface area contributed by atoms with E-state index in [-0.39, 0.29) is 0 Å². The summed E-state index contributed by atoms with van der Waals surface area (Å²) in [6, 6.07) is 9.46. The number of anilines is 1. The Hall–Kier alpha value is -1.06. The Kier molecular flexibility index (Phi) is 4.83. The lowest BCUT2D eigenvalue weighted by atomic mass is 10.1. The number of rotatable bonds is 3. The number of hydrogen-bond donors (Lipinski definition) is 1. The molecule has 2 unspecified atom stereocenters. The van der Waals surface area contributed by atoms with Crippen LogP contribution < -0.4 is 10.2 Å². The Morgan fingerprint density at radius 1 is 1.21 bits per heavy atom. The zero-order valence-electron chi connectivity index (χ0n) is 12.7. The van der Waals surface area contributed by atoms with E-state index < -0.39 is 0 Å². The maximum atomic E-state index is 3.69. The number of nitrogens with one attached hydrogen (secondary N) is 1. The van der Waals surface area contributed by atoms with E-state index in [0.717, 1.165) is 26.2 Å². The maximum Gasteiger partial charge on any atom is 0.0371 e. The molecule has 0 aliphatic carbocycles. The molecule has 1 saturated heterocycles. The zero-order valence-corrected chi connectivity index (χ0v) is 12.7. The van der Waals surface area contributed by atoms with Crippen LogP contribution in [0.2, 0.25) is 0 Å². The molecule has 0 bridgehead atoms. The Morgan fingerprint density at radius 3 is 2.53 bits per heavy atom. The van der Waals surface area contributed by atoms with Gasteiger partial charge in [0.2, 0.25) is 0 Å². The van der Waals surface area contributed by atoms with Gasteiger partial charge in [0, 0.05) is 31.4 Å². The molecule has 0 saturated carbocycles. The molecule has 106 valence electrons. The van der Waals surface area contributed by atoms with Crippen LogP contribution in [-0.2, 0) is 0 Å². The molecule has 1 heterocycles. The van der Waals surface area contributed by atoms with Crippen molar-refractivity contribution in [3.63, 3.8) is 0 Å². The summed E-state index contributed by atoms with van der Waals surface area (Å²) in [5.41, 5.74) is 2.68. The lowest BCUT2D eigenvalue weighted by molar-refractivity contribution is 0.342. The quantitative estimate of drug-likeness (QED) is 0.897. The van der Waals surface area contributed by atoms with E-state index in [1.807, 2.05) is 0 Å². The molecule has 0 amide bonds. The van der Waals surface area contributed by atoms with Gasteiger partial charge in [-0.3, -0.25) is 0 Å². The van der Waals surface area contributed by atoms with E-state index in [2.05, 4.69) is 67.3 Å². The number of nitrogens with zero attached hydrogens (tertiary/aromatic N) is 2. The van der Waals surface area contributed by atoms with E-state index in [0.29, 0.717) is 12.0 Å². The summed E-state index contributed by atoms with van der Waals surface area (Å²) in [6.45, 7) is 8.90. The zero-order chi connectivity index (χ0) is 13.8. The van der Waals surface area contributed by atoms with Gasteiger partial charge in [0.25, 0.3) is 0 Å². The van der Waals surface area contributed by atoms with Crippen LogP contribution in [0.4, 0.5) is 5.69 Å². The minimum absolute atomic E-state index is 0.543. The van der Waals surface area contributed by atoms with Gasteiger partial charge in [-0.2, -0.15) is 0 Å². The fourth-order valence-corrected chi connectivity index (χ4v) is 2.74. The fraction of sp³-hybridized carbons (Fsp3) is 0.625. The van der Waals surface area contributed by atoms with Crippen molar-refractivity contribution in [1.82, 2.24) is 10.2 Å². The molecule has 0 spiro atoms. The van der Waals surface area contributed by atoms with Gasteiger partial charge in [-0.15, -0.1) is 0 Å². The highest BCUT2D eigenvalue weighted by Crippen LogP contribution is 2.19. The van der Waals surface area contributed by atoms with Gasteiger partial charge >= 0.3 is 0 Å². The molecule has 3 heteroatoms. The van der Waals surface area contributed by atoms with Crippen LogP contribution in [0.1, 0.15) is 12.5 Å². The first-order valence-corrected chi connectivity index (χ1v) is 7.24. The first kappa shape index (κ1) is 14.4. The van der Waals surface area contributed by atoms with Crippen molar-refractivity contribution in [2.75, 3.05) is 45.2 Å². The second kappa shape index (κ2) is 6.40. The predicted octanol–water partition coefficient (Wildman–Crippen LogP) is 1.97. The van der Waals surface area contributed by atoms with Gasteiger partial charge in [0.15, 0.2) is 0 Å². The van der Waals surface area contributed by atoms with Crippen LogP contribution in [0.3, 0.4) is 0 Å². The second-order valence-electron chi connectivity index (χ2n) is 6.21. The van der Waals surface area contributed by atoms with E-state index >= 15 is 0 Å². The standard InChI is InChI=1S/C16H27N3/c1-13-5-7-16(8-6-13)19-10-14(2)9-17-15(12-19)11-18(3)4/h5-8,14-15,17H,9-12H2,1-4H3. The van der Waals surface area contributed by atoms with Crippen molar-refractivity contribution in [2.24, 2.45) is 5.92 Å². The molecular weight excluding hydrogens is 234 g/mol. The van der Waals surface area contributed by atoms with Crippen LogP contribution in [0.15, 0.2) is 24.3 Å². The molecule has 1 aromatic rings. The normalized spacial score (nSPS) is 24.6. The van der Waals surface area contributed by atoms with Crippen molar-refractivity contribution >= 4 is 5.69 Å². The molecule has 1 aliphatic rings. The SMILES string of the molecule is Cc1ccc(N2CC(C)CNC(CN(C)C)C2)cc1. The van der Waals surface area contributed by atoms with Crippen molar-refractivity contribution in [1.29, 1.82) is 0 Å². The summed E-state index contributed by atoms with van der Waals surface area (Å²) in [6.07, 6.45) is 0. The van der Waals surface area contributed by atoms with Crippen LogP contribution in [0.5, 0.6) is 0 Å².